The lowest BCUT2D eigenvalue weighted by Gasteiger charge is -2.07. The lowest BCUT2D eigenvalue weighted by Crippen LogP contribution is -2.28. The van der Waals surface area contributed by atoms with Crippen LogP contribution in [0.1, 0.15) is 29.0 Å². The SMILES string of the molecule is O=C(CCCNC(=O)c1ccc(F)cc1F)NCc1nnc2ccccn12. The van der Waals surface area contributed by atoms with Gasteiger partial charge in [0.15, 0.2) is 11.5 Å². The highest BCUT2D eigenvalue weighted by molar-refractivity contribution is 5.94. The Bertz CT molecular complexity index is 973. The lowest BCUT2D eigenvalue weighted by atomic mass is 10.2. The van der Waals surface area contributed by atoms with Crippen molar-refractivity contribution in [1.29, 1.82) is 0 Å². The molecule has 0 atom stereocenters. The van der Waals surface area contributed by atoms with E-state index >= 15 is 0 Å². The van der Waals surface area contributed by atoms with E-state index in [-0.39, 0.29) is 31.0 Å². The summed E-state index contributed by atoms with van der Waals surface area (Å²) in [5.74, 6) is -1.92. The average Bonchev–Trinajstić information content (AvgIpc) is 3.06. The molecular formula is C18H17F2N5O2. The third-order valence-electron chi connectivity index (χ3n) is 3.87. The number of nitrogens with zero attached hydrogens (tertiary/aromatic N) is 3. The molecular weight excluding hydrogens is 356 g/mol. The quantitative estimate of drug-likeness (QED) is 0.619. The van der Waals surface area contributed by atoms with Crippen LogP contribution in [0.3, 0.4) is 0 Å². The molecule has 2 aromatic heterocycles. The molecule has 3 aromatic rings. The van der Waals surface area contributed by atoms with Crippen LogP contribution in [0.5, 0.6) is 0 Å². The standard InChI is InChI=1S/C18H17F2N5O2/c19-12-6-7-13(14(20)10-12)18(27)21-8-3-5-17(26)22-11-16-24-23-15-4-1-2-9-25(15)16/h1-2,4,6-7,9-10H,3,5,8,11H2,(H,21,27)(H,22,26). The fourth-order valence-electron chi connectivity index (χ4n) is 2.50. The van der Waals surface area contributed by atoms with Crippen LogP contribution in [-0.2, 0) is 11.3 Å². The second-order valence-corrected chi connectivity index (χ2v) is 5.81. The minimum absolute atomic E-state index is 0.183. The topological polar surface area (TPSA) is 88.4 Å². The van der Waals surface area contributed by atoms with Crippen LogP contribution in [0, 0.1) is 11.6 Å². The number of halogens is 2. The van der Waals surface area contributed by atoms with Crippen molar-refractivity contribution in [2.24, 2.45) is 0 Å². The first-order chi connectivity index (χ1) is 13.0. The maximum absolute atomic E-state index is 13.5. The number of carbonyl (C=O) groups is 2. The van der Waals surface area contributed by atoms with Gasteiger partial charge in [0.1, 0.15) is 11.6 Å². The normalized spacial score (nSPS) is 10.7. The minimum atomic E-state index is -0.925. The van der Waals surface area contributed by atoms with Crippen LogP contribution >= 0.6 is 0 Å². The number of carbonyl (C=O) groups excluding carboxylic acids is 2. The second-order valence-electron chi connectivity index (χ2n) is 5.81. The molecule has 0 fully saturated rings. The number of hydrogen-bond donors (Lipinski definition) is 2. The third kappa shape index (κ3) is 4.63. The molecule has 2 heterocycles. The van der Waals surface area contributed by atoms with Crippen molar-refractivity contribution in [3.8, 4) is 0 Å². The Labute approximate surface area is 153 Å². The summed E-state index contributed by atoms with van der Waals surface area (Å²) < 4.78 is 28.1. The van der Waals surface area contributed by atoms with E-state index in [9.17, 15) is 18.4 Å². The Morgan fingerprint density at radius 3 is 2.74 bits per heavy atom. The van der Waals surface area contributed by atoms with E-state index in [4.69, 9.17) is 0 Å². The zero-order valence-electron chi connectivity index (χ0n) is 14.3. The Morgan fingerprint density at radius 1 is 1.07 bits per heavy atom. The molecule has 0 bridgehead atoms. The average molecular weight is 373 g/mol. The second kappa shape index (κ2) is 8.35. The maximum atomic E-state index is 13.5. The molecule has 7 nitrogen and oxygen atoms in total. The van der Waals surface area contributed by atoms with Crippen LogP contribution in [0.4, 0.5) is 8.78 Å². The largest absolute Gasteiger partial charge is 0.352 e. The number of benzene rings is 1. The molecule has 3 rings (SSSR count). The summed E-state index contributed by atoms with van der Waals surface area (Å²) in [7, 11) is 0. The summed E-state index contributed by atoms with van der Waals surface area (Å²) >= 11 is 0. The number of pyridine rings is 1. The number of nitrogens with one attached hydrogen (secondary N) is 2. The molecule has 0 saturated heterocycles. The van der Waals surface area contributed by atoms with E-state index in [1.54, 1.807) is 10.6 Å². The number of fused-ring (bicyclic) bond motifs is 1. The highest BCUT2D eigenvalue weighted by Gasteiger charge is 2.12. The predicted molar refractivity (Wildman–Crippen MR) is 92.8 cm³/mol. The van der Waals surface area contributed by atoms with E-state index in [0.29, 0.717) is 24.0 Å². The van der Waals surface area contributed by atoms with Crippen molar-refractivity contribution in [3.63, 3.8) is 0 Å². The van der Waals surface area contributed by atoms with Gasteiger partial charge < -0.3 is 10.6 Å². The van der Waals surface area contributed by atoms with Gasteiger partial charge in [0.2, 0.25) is 5.91 Å². The molecule has 9 heteroatoms. The first kappa shape index (κ1) is 18.4. The number of amides is 2. The van der Waals surface area contributed by atoms with Crippen molar-refractivity contribution < 1.29 is 18.4 Å². The smallest absolute Gasteiger partial charge is 0.254 e. The zero-order chi connectivity index (χ0) is 19.2. The molecule has 0 spiro atoms. The molecule has 0 radical (unpaired) electrons. The van der Waals surface area contributed by atoms with E-state index in [2.05, 4.69) is 20.8 Å². The van der Waals surface area contributed by atoms with Gasteiger partial charge >= 0.3 is 0 Å². The lowest BCUT2D eigenvalue weighted by molar-refractivity contribution is -0.121. The van der Waals surface area contributed by atoms with Crippen LogP contribution in [0.15, 0.2) is 42.6 Å². The summed E-state index contributed by atoms with van der Waals surface area (Å²) in [5.41, 5.74) is 0.456. The summed E-state index contributed by atoms with van der Waals surface area (Å²) in [6.45, 7) is 0.425. The Kier molecular flexibility index (Phi) is 5.70. The molecule has 0 aliphatic heterocycles. The van der Waals surface area contributed by atoms with Gasteiger partial charge in [0, 0.05) is 25.2 Å². The zero-order valence-corrected chi connectivity index (χ0v) is 14.3. The molecule has 1 aromatic carbocycles. The molecule has 2 amide bonds. The fourth-order valence-corrected chi connectivity index (χ4v) is 2.50. The Balaban J connectivity index is 1.40. The fraction of sp³-hybridized carbons (Fsp3) is 0.222. The predicted octanol–water partition coefficient (Wildman–Crippen LogP) is 1.83. The Hall–Kier alpha value is -3.36. The minimum Gasteiger partial charge on any atom is -0.352 e. The molecule has 2 N–H and O–H groups in total. The van der Waals surface area contributed by atoms with Crippen LogP contribution in [-0.4, -0.2) is 33.0 Å². The third-order valence-corrected chi connectivity index (χ3v) is 3.87. The summed E-state index contributed by atoms with van der Waals surface area (Å²) in [5, 5.41) is 13.2. The first-order valence-electron chi connectivity index (χ1n) is 8.33. The molecule has 0 aliphatic carbocycles. The molecule has 0 unspecified atom stereocenters. The van der Waals surface area contributed by atoms with Crippen LogP contribution in [0.2, 0.25) is 0 Å². The number of rotatable bonds is 7. The van der Waals surface area contributed by atoms with Crippen molar-refractivity contribution >= 4 is 17.5 Å². The summed E-state index contributed by atoms with van der Waals surface area (Å²) in [4.78, 5) is 23.7. The highest BCUT2D eigenvalue weighted by atomic mass is 19.1. The van der Waals surface area contributed by atoms with Gasteiger partial charge in [0.25, 0.3) is 5.91 Å². The number of aromatic nitrogens is 3. The van der Waals surface area contributed by atoms with Crippen molar-refractivity contribution in [3.05, 3.63) is 65.6 Å². The molecule has 27 heavy (non-hydrogen) atoms. The van der Waals surface area contributed by atoms with Gasteiger partial charge in [-0.1, -0.05) is 6.07 Å². The monoisotopic (exact) mass is 373 g/mol. The van der Waals surface area contributed by atoms with E-state index < -0.39 is 17.5 Å². The van der Waals surface area contributed by atoms with E-state index in [0.717, 1.165) is 12.1 Å². The highest BCUT2D eigenvalue weighted by Crippen LogP contribution is 2.09. The van der Waals surface area contributed by atoms with Crippen molar-refractivity contribution in [2.45, 2.75) is 19.4 Å². The molecule has 0 saturated carbocycles. The van der Waals surface area contributed by atoms with Gasteiger partial charge in [-0.25, -0.2) is 8.78 Å². The molecule has 140 valence electrons. The number of hydrogen-bond acceptors (Lipinski definition) is 4. The molecule has 0 aliphatic rings. The van der Waals surface area contributed by atoms with Crippen LogP contribution < -0.4 is 10.6 Å². The van der Waals surface area contributed by atoms with Gasteiger partial charge in [0.05, 0.1) is 12.1 Å². The van der Waals surface area contributed by atoms with Crippen molar-refractivity contribution in [1.82, 2.24) is 25.2 Å². The van der Waals surface area contributed by atoms with Gasteiger partial charge in [-0.15, -0.1) is 10.2 Å². The van der Waals surface area contributed by atoms with E-state index in [1.807, 2.05) is 18.2 Å². The first-order valence-corrected chi connectivity index (χ1v) is 8.33. The van der Waals surface area contributed by atoms with Gasteiger partial charge in [-0.2, -0.15) is 0 Å². The van der Waals surface area contributed by atoms with Gasteiger partial charge in [-0.05, 0) is 30.7 Å². The maximum Gasteiger partial charge on any atom is 0.254 e. The summed E-state index contributed by atoms with van der Waals surface area (Å²) in [6.07, 6.45) is 2.37. The van der Waals surface area contributed by atoms with E-state index in [1.165, 1.54) is 0 Å². The van der Waals surface area contributed by atoms with Gasteiger partial charge in [-0.3, -0.25) is 14.0 Å². The Morgan fingerprint density at radius 2 is 1.93 bits per heavy atom. The van der Waals surface area contributed by atoms with Crippen LogP contribution in [0.25, 0.3) is 5.65 Å². The van der Waals surface area contributed by atoms with Crippen molar-refractivity contribution in [2.75, 3.05) is 6.54 Å². The summed E-state index contributed by atoms with van der Waals surface area (Å²) in [6, 6.07) is 8.24.